The summed E-state index contributed by atoms with van der Waals surface area (Å²) in [5.74, 6) is 2.18. The third kappa shape index (κ3) is 5.16. The first-order valence-corrected chi connectivity index (χ1v) is 18.0. The molecule has 250 valence electrons. The van der Waals surface area contributed by atoms with E-state index in [0.29, 0.717) is 46.5 Å². The molecule has 8 rings (SSSR count). The standard InChI is InChI=1S/C35H39N7O5S/c1-40-32-27(15-24(17-30(32)47-2)35(44)42-19-23-9-11-28(42)31(23)36)39-34(40)29-16-22-8-10-26(38-33(22)41(29)18-20-6-7-20)21-4-3-5-25(14-21)48(45,46)37-12-13-43/h3-5,8,10,14-17,20,23,28,31,37,43H,6-7,9,11-13,18-19,36H2,1-2H3/t23?,28?,31-/m1/s1. The number of aliphatic hydroxyl groups excluding tert-OH is 1. The molecule has 3 aromatic heterocycles. The Morgan fingerprint density at radius 3 is 2.62 bits per heavy atom. The third-order valence-corrected chi connectivity index (χ3v) is 11.7. The molecule has 0 spiro atoms. The molecule has 2 bridgehead atoms. The molecule has 13 heteroatoms. The molecule has 12 nitrogen and oxygen atoms in total. The minimum Gasteiger partial charge on any atom is -0.494 e. The number of nitrogens with zero attached hydrogens (tertiary/aromatic N) is 5. The van der Waals surface area contributed by atoms with E-state index in [1.54, 1.807) is 19.2 Å². The Morgan fingerprint density at radius 1 is 1.08 bits per heavy atom. The highest BCUT2D eigenvalue weighted by Gasteiger charge is 2.47. The van der Waals surface area contributed by atoms with Gasteiger partial charge in [-0.15, -0.1) is 0 Å². The van der Waals surface area contributed by atoms with Gasteiger partial charge in [0.1, 0.15) is 16.9 Å². The minimum absolute atomic E-state index is 0.0364. The van der Waals surface area contributed by atoms with Gasteiger partial charge in [-0.1, -0.05) is 12.1 Å². The van der Waals surface area contributed by atoms with Gasteiger partial charge >= 0.3 is 0 Å². The van der Waals surface area contributed by atoms with Crippen molar-refractivity contribution in [2.75, 3.05) is 26.8 Å². The Bertz CT molecular complexity index is 2190. The van der Waals surface area contributed by atoms with E-state index in [4.69, 9.17) is 25.5 Å². The van der Waals surface area contributed by atoms with E-state index in [0.717, 1.165) is 60.3 Å². The van der Waals surface area contributed by atoms with Gasteiger partial charge in [0.2, 0.25) is 10.0 Å². The average Bonchev–Trinajstić information content (AvgIpc) is 3.50. The van der Waals surface area contributed by atoms with Crippen molar-refractivity contribution in [1.29, 1.82) is 0 Å². The predicted octanol–water partition coefficient (Wildman–Crippen LogP) is 3.51. The number of fused-ring (bicyclic) bond motifs is 4. The first kappa shape index (κ1) is 31.0. The van der Waals surface area contributed by atoms with Crippen molar-refractivity contribution in [1.82, 2.24) is 28.7 Å². The first-order valence-electron chi connectivity index (χ1n) is 16.5. The zero-order chi connectivity index (χ0) is 33.3. The van der Waals surface area contributed by atoms with Gasteiger partial charge in [-0.05, 0) is 80.0 Å². The number of likely N-dealkylation sites (tertiary alicyclic amines) is 1. The molecular formula is C35H39N7O5S. The largest absolute Gasteiger partial charge is 0.494 e. The molecule has 4 heterocycles. The molecule has 5 aromatic rings. The molecule has 1 amide bonds. The maximum absolute atomic E-state index is 13.7. The fourth-order valence-electron chi connectivity index (χ4n) is 7.57. The Hall–Kier alpha value is -4.30. The van der Waals surface area contributed by atoms with Gasteiger partial charge in [-0.25, -0.2) is 23.1 Å². The van der Waals surface area contributed by atoms with E-state index >= 15 is 0 Å². The number of nitrogens with two attached hydrogens (primary N) is 1. The molecule has 0 radical (unpaired) electrons. The van der Waals surface area contributed by atoms with E-state index in [1.807, 2.05) is 46.8 Å². The van der Waals surface area contributed by atoms with Crippen LogP contribution in [-0.2, 0) is 23.6 Å². The van der Waals surface area contributed by atoms with Crippen molar-refractivity contribution in [3.05, 3.63) is 60.2 Å². The van der Waals surface area contributed by atoms with Crippen LogP contribution in [0.5, 0.6) is 5.75 Å². The summed E-state index contributed by atoms with van der Waals surface area (Å²) in [4.78, 5) is 25.9. The summed E-state index contributed by atoms with van der Waals surface area (Å²) >= 11 is 0. The molecule has 2 saturated carbocycles. The molecule has 1 aliphatic heterocycles. The minimum atomic E-state index is -3.78. The summed E-state index contributed by atoms with van der Waals surface area (Å²) in [5.41, 5.74) is 11.4. The molecular weight excluding hydrogens is 630 g/mol. The number of aliphatic hydroxyl groups is 1. The van der Waals surface area contributed by atoms with Crippen molar-refractivity contribution in [2.45, 2.75) is 49.2 Å². The zero-order valence-corrected chi connectivity index (χ0v) is 27.8. The van der Waals surface area contributed by atoms with E-state index in [1.165, 1.54) is 6.07 Å². The fraction of sp³-hybridized carbons (Fsp3) is 0.400. The highest BCUT2D eigenvalue weighted by Crippen LogP contribution is 2.40. The van der Waals surface area contributed by atoms with Crippen LogP contribution in [0.15, 0.2) is 59.5 Å². The number of aryl methyl sites for hydroxylation is 1. The highest BCUT2D eigenvalue weighted by molar-refractivity contribution is 7.89. The molecule has 2 unspecified atom stereocenters. The third-order valence-electron chi connectivity index (χ3n) is 10.3. The van der Waals surface area contributed by atoms with Crippen LogP contribution in [0.25, 0.3) is 44.8 Å². The quantitative estimate of drug-likeness (QED) is 0.204. The number of methoxy groups -OCH3 is 1. The van der Waals surface area contributed by atoms with Gasteiger partial charge in [-0.3, -0.25) is 4.79 Å². The number of rotatable bonds is 10. The van der Waals surface area contributed by atoms with Crippen molar-refractivity contribution in [3.8, 4) is 28.5 Å². The average molecular weight is 670 g/mol. The fourth-order valence-corrected chi connectivity index (χ4v) is 8.64. The maximum atomic E-state index is 13.7. The topological polar surface area (TPSA) is 158 Å². The lowest BCUT2D eigenvalue weighted by molar-refractivity contribution is 0.0700. The molecule has 4 N–H and O–H groups in total. The first-order chi connectivity index (χ1) is 23.2. The number of amides is 1. The lowest BCUT2D eigenvalue weighted by Gasteiger charge is -2.27. The van der Waals surface area contributed by atoms with Crippen LogP contribution in [-0.4, -0.2) is 82.3 Å². The van der Waals surface area contributed by atoms with E-state index < -0.39 is 10.0 Å². The molecule has 3 atom stereocenters. The van der Waals surface area contributed by atoms with Crippen LogP contribution >= 0.6 is 0 Å². The lowest BCUT2D eigenvalue weighted by Crippen LogP contribution is -2.41. The van der Waals surface area contributed by atoms with E-state index in [-0.39, 0.29) is 36.0 Å². The smallest absolute Gasteiger partial charge is 0.254 e. The summed E-state index contributed by atoms with van der Waals surface area (Å²) in [7, 11) is -0.205. The van der Waals surface area contributed by atoms with Crippen LogP contribution in [0.4, 0.5) is 0 Å². The second-order valence-corrected chi connectivity index (χ2v) is 15.1. The summed E-state index contributed by atoms with van der Waals surface area (Å²) in [6, 6.07) is 16.4. The van der Waals surface area contributed by atoms with Gasteiger partial charge in [0.25, 0.3) is 5.91 Å². The van der Waals surface area contributed by atoms with E-state index in [2.05, 4.69) is 15.4 Å². The Kier molecular flexibility index (Phi) is 7.55. The number of carbonyl (C=O) groups excluding carboxylic acids is 1. The number of pyridine rings is 1. The summed E-state index contributed by atoms with van der Waals surface area (Å²) < 4.78 is 38.0. The number of hydrogen-bond acceptors (Lipinski definition) is 8. The van der Waals surface area contributed by atoms with Crippen LogP contribution in [0.1, 0.15) is 36.0 Å². The number of piperidine rings is 1. The van der Waals surface area contributed by atoms with Crippen molar-refractivity contribution in [2.24, 2.45) is 24.6 Å². The number of ether oxygens (including phenoxy) is 1. The van der Waals surface area contributed by atoms with Crippen LogP contribution < -0.4 is 15.2 Å². The second kappa shape index (κ2) is 11.7. The Labute approximate surface area is 278 Å². The molecule has 48 heavy (non-hydrogen) atoms. The van der Waals surface area contributed by atoms with Crippen molar-refractivity contribution in [3.63, 3.8) is 0 Å². The summed E-state index contributed by atoms with van der Waals surface area (Å²) in [5, 5.41) is 10.0. The molecule has 1 saturated heterocycles. The van der Waals surface area contributed by atoms with E-state index in [9.17, 15) is 13.2 Å². The number of aromatic nitrogens is 4. The Balaban J connectivity index is 1.20. The monoisotopic (exact) mass is 669 g/mol. The molecule has 3 fully saturated rings. The summed E-state index contributed by atoms with van der Waals surface area (Å²) in [6.45, 7) is 1.11. The van der Waals surface area contributed by atoms with Crippen LogP contribution in [0.3, 0.4) is 0 Å². The number of nitrogens with one attached hydrogen (secondary N) is 1. The number of benzene rings is 2. The lowest BCUT2D eigenvalue weighted by atomic mass is 10.1. The number of imidazole rings is 1. The Morgan fingerprint density at radius 2 is 1.92 bits per heavy atom. The van der Waals surface area contributed by atoms with Gasteiger partial charge in [0.15, 0.2) is 5.82 Å². The maximum Gasteiger partial charge on any atom is 0.254 e. The van der Waals surface area contributed by atoms with Crippen molar-refractivity contribution < 1.29 is 23.1 Å². The SMILES string of the molecule is COc1cc(C(=O)N2CC3CCC2[C@@H]3N)cc2nc(-c3cc4ccc(-c5cccc(S(=O)(=O)NCCO)c5)nc4n3CC3CC3)n(C)c12. The highest BCUT2D eigenvalue weighted by atomic mass is 32.2. The molecule has 2 aromatic carbocycles. The zero-order valence-electron chi connectivity index (χ0n) is 27.0. The van der Waals surface area contributed by atoms with Crippen LogP contribution in [0, 0.1) is 11.8 Å². The second-order valence-electron chi connectivity index (χ2n) is 13.3. The van der Waals surface area contributed by atoms with Gasteiger partial charge < -0.3 is 29.6 Å². The summed E-state index contributed by atoms with van der Waals surface area (Å²) in [6.07, 6.45) is 4.30. The molecule has 3 aliphatic rings. The predicted molar refractivity (Wildman–Crippen MR) is 182 cm³/mol. The van der Waals surface area contributed by atoms with Crippen LogP contribution in [0.2, 0.25) is 0 Å². The number of sulfonamides is 1. The molecule has 2 aliphatic carbocycles. The van der Waals surface area contributed by atoms with Gasteiger partial charge in [0, 0.05) is 55.3 Å². The van der Waals surface area contributed by atoms with Crippen molar-refractivity contribution >= 4 is 38.0 Å². The normalized spacial score (nSPS) is 20.8. The van der Waals surface area contributed by atoms with Gasteiger partial charge in [-0.2, -0.15) is 0 Å². The number of carbonyl (C=O) groups is 1. The number of hydrogen-bond donors (Lipinski definition) is 3. The van der Waals surface area contributed by atoms with Gasteiger partial charge in [0.05, 0.1) is 35.5 Å².